The zero-order valence-corrected chi connectivity index (χ0v) is 15.8. The fourth-order valence-electron chi connectivity index (χ4n) is 3.31. The van der Waals surface area contributed by atoms with Gasteiger partial charge in [-0.1, -0.05) is 12.1 Å². The van der Waals surface area contributed by atoms with Gasteiger partial charge >= 0.3 is 6.18 Å². The number of nitrogens with one attached hydrogen (secondary N) is 1. The van der Waals surface area contributed by atoms with Crippen molar-refractivity contribution >= 4 is 17.5 Å². The molecule has 0 aliphatic carbocycles. The Labute approximate surface area is 166 Å². The molecular weight excluding hydrogens is 385 g/mol. The Morgan fingerprint density at radius 2 is 1.66 bits per heavy atom. The van der Waals surface area contributed by atoms with Crippen LogP contribution in [0, 0.1) is 5.92 Å². The van der Waals surface area contributed by atoms with E-state index in [-0.39, 0.29) is 23.3 Å². The van der Waals surface area contributed by atoms with Crippen molar-refractivity contribution in [2.24, 2.45) is 5.92 Å². The van der Waals surface area contributed by atoms with Crippen molar-refractivity contribution in [3.63, 3.8) is 0 Å². The summed E-state index contributed by atoms with van der Waals surface area (Å²) in [4.78, 5) is 26.6. The van der Waals surface area contributed by atoms with Crippen molar-refractivity contribution in [2.45, 2.75) is 19.0 Å². The number of hydrogen-bond acceptors (Lipinski definition) is 3. The third kappa shape index (κ3) is 4.88. The maximum Gasteiger partial charge on any atom is 0.416 e. The molecule has 1 heterocycles. The molecule has 1 saturated heterocycles. The van der Waals surface area contributed by atoms with E-state index in [0.29, 0.717) is 37.4 Å². The van der Waals surface area contributed by atoms with E-state index < -0.39 is 11.7 Å². The van der Waals surface area contributed by atoms with Gasteiger partial charge in [-0.25, -0.2) is 0 Å². The van der Waals surface area contributed by atoms with Crippen LogP contribution in [0.25, 0.3) is 0 Å². The maximum atomic E-state index is 12.7. The van der Waals surface area contributed by atoms with Crippen LogP contribution in [0.15, 0.2) is 48.5 Å². The first kappa shape index (κ1) is 20.7. The first-order valence-corrected chi connectivity index (χ1v) is 9.20. The summed E-state index contributed by atoms with van der Waals surface area (Å²) in [5.74, 6) is -0.161. The monoisotopic (exact) mass is 406 g/mol. The van der Waals surface area contributed by atoms with Crippen LogP contribution < -0.4 is 10.1 Å². The molecule has 1 fully saturated rings. The largest absolute Gasteiger partial charge is 0.495 e. The fourth-order valence-corrected chi connectivity index (χ4v) is 3.31. The Balaban J connectivity index is 1.57. The van der Waals surface area contributed by atoms with Gasteiger partial charge in [-0.15, -0.1) is 0 Å². The average Bonchev–Trinajstić information content (AvgIpc) is 2.73. The third-order valence-electron chi connectivity index (χ3n) is 4.98. The molecule has 2 aromatic rings. The minimum Gasteiger partial charge on any atom is -0.495 e. The Hall–Kier alpha value is -3.03. The summed E-state index contributed by atoms with van der Waals surface area (Å²) in [6, 6.07) is 11.3. The number of nitrogens with zero attached hydrogens (tertiary/aromatic N) is 1. The number of anilines is 1. The number of hydrogen-bond donors (Lipinski definition) is 1. The Kier molecular flexibility index (Phi) is 6.10. The van der Waals surface area contributed by atoms with E-state index in [1.807, 2.05) is 0 Å². The normalized spacial score (nSPS) is 15.1. The molecule has 0 spiro atoms. The zero-order chi connectivity index (χ0) is 21.0. The van der Waals surface area contributed by atoms with Crippen molar-refractivity contribution in [3.8, 4) is 5.75 Å². The highest BCUT2D eigenvalue weighted by molar-refractivity contribution is 5.96. The van der Waals surface area contributed by atoms with Crippen LogP contribution in [0.1, 0.15) is 28.8 Å². The molecule has 2 amide bonds. The number of likely N-dealkylation sites (tertiary alicyclic amines) is 1. The highest BCUT2D eigenvalue weighted by Crippen LogP contribution is 2.30. The molecule has 0 aromatic heterocycles. The summed E-state index contributed by atoms with van der Waals surface area (Å²) >= 11 is 0. The molecule has 0 unspecified atom stereocenters. The predicted molar refractivity (Wildman–Crippen MR) is 102 cm³/mol. The standard InChI is InChI=1S/C21H21F3N2O3/c1-29-18-5-3-2-4-17(18)25-19(27)14-10-12-26(13-11-14)20(28)15-6-8-16(9-7-15)21(22,23)24/h2-9,14H,10-13H2,1H3,(H,25,27). The lowest BCUT2D eigenvalue weighted by Crippen LogP contribution is -2.41. The van der Waals surface area contributed by atoms with Crippen LogP contribution in [0.2, 0.25) is 0 Å². The second kappa shape index (κ2) is 8.55. The zero-order valence-electron chi connectivity index (χ0n) is 15.8. The van der Waals surface area contributed by atoms with Gasteiger partial charge in [-0.3, -0.25) is 9.59 Å². The summed E-state index contributed by atoms with van der Waals surface area (Å²) in [5.41, 5.74) is -0.000969. The summed E-state index contributed by atoms with van der Waals surface area (Å²) in [6.07, 6.45) is -3.48. The van der Waals surface area contributed by atoms with Gasteiger partial charge in [0, 0.05) is 24.6 Å². The number of halogens is 3. The van der Waals surface area contributed by atoms with Gasteiger partial charge in [0.1, 0.15) is 5.75 Å². The average molecular weight is 406 g/mol. The smallest absolute Gasteiger partial charge is 0.416 e. The van der Waals surface area contributed by atoms with E-state index in [2.05, 4.69) is 5.32 Å². The molecule has 0 bridgehead atoms. The number of benzene rings is 2. The van der Waals surface area contributed by atoms with Crippen molar-refractivity contribution in [2.75, 3.05) is 25.5 Å². The van der Waals surface area contributed by atoms with E-state index in [0.717, 1.165) is 12.1 Å². The number of amides is 2. The van der Waals surface area contributed by atoms with E-state index >= 15 is 0 Å². The van der Waals surface area contributed by atoms with E-state index in [1.54, 1.807) is 29.2 Å². The van der Waals surface area contributed by atoms with Crippen molar-refractivity contribution < 1.29 is 27.5 Å². The molecule has 0 saturated carbocycles. The third-order valence-corrected chi connectivity index (χ3v) is 4.98. The molecule has 0 radical (unpaired) electrons. The van der Waals surface area contributed by atoms with E-state index in [4.69, 9.17) is 4.74 Å². The Bertz CT molecular complexity index is 873. The number of ether oxygens (including phenoxy) is 1. The highest BCUT2D eigenvalue weighted by Gasteiger charge is 2.31. The summed E-state index contributed by atoms with van der Waals surface area (Å²) in [5, 5.41) is 2.85. The number of alkyl halides is 3. The van der Waals surface area contributed by atoms with Gasteiger partial charge in [0.05, 0.1) is 18.4 Å². The van der Waals surface area contributed by atoms with Crippen LogP contribution in [0.3, 0.4) is 0 Å². The molecule has 2 aromatic carbocycles. The molecule has 8 heteroatoms. The van der Waals surface area contributed by atoms with Crippen LogP contribution in [-0.2, 0) is 11.0 Å². The molecule has 1 N–H and O–H groups in total. The predicted octanol–water partition coefficient (Wildman–Crippen LogP) is 4.20. The van der Waals surface area contributed by atoms with Gasteiger partial charge < -0.3 is 15.0 Å². The van der Waals surface area contributed by atoms with Crippen LogP contribution in [0.5, 0.6) is 5.75 Å². The van der Waals surface area contributed by atoms with E-state index in [9.17, 15) is 22.8 Å². The molecule has 5 nitrogen and oxygen atoms in total. The second-order valence-corrected chi connectivity index (χ2v) is 6.83. The van der Waals surface area contributed by atoms with Gasteiger partial charge in [-0.05, 0) is 49.2 Å². The van der Waals surface area contributed by atoms with Crippen molar-refractivity contribution in [1.29, 1.82) is 0 Å². The molecule has 154 valence electrons. The lowest BCUT2D eigenvalue weighted by Gasteiger charge is -2.31. The van der Waals surface area contributed by atoms with Crippen molar-refractivity contribution in [3.05, 3.63) is 59.7 Å². The Morgan fingerprint density at radius 3 is 2.24 bits per heavy atom. The maximum absolute atomic E-state index is 12.7. The number of carbonyl (C=O) groups excluding carboxylic acids is 2. The molecular formula is C21H21F3N2O3. The SMILES string of the molecule is COc1ccccc1NC(=O)C1CCN(C(=O)c2ccc(C(F)(F)F)cc2)CC1. The second-order valence-electron chi connectivity index (χ2n) is 6.83. The van der Waals surface area contributed by atoms with Crippen molar-refractivity contribution in [1.82, 2.24) is 4.90 Å². The van der Waals surface area contributed by atoms with Crippen LogP contribution in [0.4, 0.5) is 18.9 Å². The first-order chi connectivity index (χ1) is 13.8. The number of para-hydroxylation sites is 2. The minimum absolute atomic E-state index is 0.142. The first-order valence-electron chi connectivity index (χ1n) is 9.20. The van der Waals surface area contributed by atoms with E-state index in [1.165, 1.54) is 19.2 Å². The molecule has 29 heavy (non-hydrogen) atoms. The lowest BCUT2D eigenvalue weighted by atomic mass is 9.95. The Morgan fingerprint density at radius 1 is 1.03 bits per heavy atom. The lowest BCUT2D eigenvalue weighted by molar-refractivity contribution is -0.137. The summed E-state index contributed by atoms with van der Waals surface area (Å²) < 4.78 is 43.2. The molecule has 3 rings (SSSR count). The van der Waals surface area contributed by atoms with Crippen LogP contribution in [-0.4, -0.2) is 36.9 Å². The number of carbonyl (C=O) groups is 2. The molecule has 0 atom stereocenters. The quantitative estimate of drug-likeness (QED) is 0.828. The van der Waals surface area contributed by atoms with Gasteiger partial charge in [0.2, 0.25) is 5.91 Å². The van der Waals surface area contributed by atoms with Gasteiger partial charge in [0.15, 0.2) is 0 Å². The van der Waals surface area contributed by atoms with Gasteiger partial charge in [0.25, 0.3) is 5.91 Å². The molecule has 1 aliphatic rings. The molecule has 1 aliphatic heterocycles. The minimum atomic E-state index is -4.44. The van der Waals surface area contributed by atoms with Gasteiger partial charge in [-0.2, -0.15) is 13.2 Å². The highest BCUT2D eigenvalue weighted by atomic mass is 19.4. The number of piperidine rings is 1. The number of methoxy groups -OCH3 is 1. The van der Waals surface area contributed by atoms with Crippen LogP contribution >= 0.6 is 0 Å². The summed E-state index contributed by atoms with van der Waals surface area (Å²) in [6.45, 7) is 0.730. The topological polar surface area (TPSA) is 58.6 Å². The number of rotatable bonds is 4. The summed E-state index contributed by atoms with van der Waals surface area (Å²) in [7, 11) is 1.52. The fraction of sp³-hybridized carbons (Fsp3) is 0.333.